The van der Waals surface area contributed by atoms with E-state index in [1.807, 2.05) is 20.8 Å². The third-order valence-corrected chi connectivity index (χ3v) is 3.65. The molecule has 0 bridgehead atoms. The maximum Gasteiger partial charge on any atom is 0.410 e. The number of benzene rings is 1. The SMILES string of the molecule is CC(C)(C)OC(=O)N1CCC(OC(=O)Cc2ccc(F)cc2)CC1. The third kappa shape index (κ3) is 5.83. The Morgan fingerprint density at radius 2 is 1.75 bits per heavy atom. The summed E-state index contributed by atoms with van der Waals surface area (Å²) in [4.78, 5) is 25.6. The van der Waals surface area contributed by atoms with Gasteiger partial charge in [-0.2, -0.15) is 0 Å². The summed E-state index contributed by atoms with van der Waals surface area (Å²) in [7, 11) is 0. The molecule has 24 heavy (non-hydrogen) atoms. The first-order valence-electron chi connectivity index (χ1n) is 8.15. The van der Waals surface area contributed by atoms with Crippen molar-refractivity contribution < 1.29 is 23.5 Å². The van der Waals surface area contributed by atoms with E-state index in [0.717, 1.165) is 0 Å². The fraction of sp³-hybridized carbons (Fsp3) is 0.556. The van der Waals surface area contributed by atoms with Gasteiger partial charge in [0.05, 0.1) is 6.42 Å². The Morgan fingerprint density at radius 1 is 1.17 bits per heavy atom. The predicted octanol–water partition coefficient (Wildman–Crippen LogP) is 3.31. The normalized spacial score (nSPS) is 15.9. The predicted molar refractivity (Wildman–Crippen MR) is 87.0 cm³/mol. The molecule has 0 unspecified atom stereocenters. The van der Waals surface area contributed by atoms with E-state index >= 15 is 0 Å². The second-order valence-corrected chi connectivity index (χ2v) is 6.96. The topological polar surface area (TPSA) is 55.8 Å². The summed E-state index contributed by atoms with van der Waals surface area (Å²) >= 11 is 0. The first-order chi connectivity index (χ1) is 11.2. The summed E-state index contributed by atoms with van der Waals surface area (Å²) < 4.78 is 23.6. The Kier molecular flexibility index (Phi) is 5.80. The number of ether oxygens (including phenoxy) is 2. The molecule has 2 rings (SSSR count). The lowest BCUT2D eigenvalue weighted by molar-refractivity contribution is -0.150. The Labute approximate surface area is 141 Å². The Bertz CT molecular complexity index is 572. The number of carbonyl (C=O) groups is 2. The first-order valence-corrected chi connectivity index (χ1v) is 8.15. The highest BCUT2D eigenvalue weighted by Crippen LogP contribution is 2.18. The maximum absolute atomic E-state index is 12.8. The molecule has 5 nitrogen and oxygen atoms in total. The van der Waals surface area contributed by atoms with Crippen LogP contribution < -0.4 is 0 Å². The van der Waals surface area contributed by atoms with Gasteiger partial charge in [0.2, 0.25) is 0 Å². The van der Waals surface area contributed by atoms with Crippen molar-refractivity contribution in [3.63, 3.8) is 0 Å². The zero-order valence-electron chi connectivity index (χ0n) is 14.4. The molecule has 0 N–H and O–H groups in total. The van der Waals surface area contributed by atoms with Gasteiger partial charge in [-0.3, -0.25) is 4.79 Å². The minimum absolute atomic E-state index is 0.118. The monoisotopic (exact) mass is 337 g/mol. The van der Waals surface area contributed by atoms with Crippen LogP contribution in [0.1, 0.15) is 39.2 Å². The van der Waals surface area contributed by atoms with Gasteiger partial charge in [0.1, 0.15) is 17.5 Å². The van der Waals surface area contributed by atoms with Gasteiger partial charge >= 0.3 is 12.1 Å². The minimum atomic E-state index is -0.518. The number of likely N-dealkylation sites (tertiary alicyclic amines) is 1. The molecule has 0 saturated carbocycles. The van der Waals surface area contributed by atoms with E-state index in [9.17, 15) is 14.0 Å². The smallest absolute Gasteiger partial charge is 0.410 e. The van der Waals surface area contributed by atoms with Gasteiger partial charge in [0.15, 0.2) is 0 Å². The van der Waals surface area contributed by atoms with Crippen molar-refractivity contribution in [3.8, 4) is 0 Å². The summed E-state index contributed by atoms with van der Waals surface area (Å²) in [5.41, 5.74) is 0.197. The number of esters is 1. The van der Waals surface area contributed by atoms with Gasteiger partial charge in [-0.15, -0.1) is 0 Å². The molecule has 6 heteroatoms. The quantitative estimate of drug-likeness (QED) is 0.794. The molecule has 1 aromatic carbocycles. The zero-order valence-corrected chi connectivity index (χ0v) is 14.4. The number of rotatable bonds is 3. The average molecular weight is 337 g/mol. The third-order valence-electron chi connectivity index (χ3n) is 3.65. The van der Waals surface area contributed by atoms with Gasteiger partial charge in [-0.05, 0) is 38.5 Å². The Balaban J connectivity index is 1.75. The number of carbonyl (C=O) groups excluding carboxylic acids is 2. The minimum Gasteiger partial charge on any atom is -0.462 e. The highest BCUT2D eigenvalue weighted by Gasteiger charge is 2.28. The largest absolute Gasteiger partial charge is 0.462 e. The Morgan fingerprint density at radius 3 is 2.29 bits per heavy atom. The van der Waals surface area contributed by atoms with Crippen LogP contribution in [0.25, 0.3) is 0 Å². The maximum atomic E-state index is 12.8. The molecule has 0 atom stereocenters. The number of amides is 1. The van der Waals surface area contributed by atoms with Gasteiger partial charge in [-0.25, -0.2) is 9.18 Å². The van der Waals surface area contributed by atoms with Crippen LogP contribution in [-0.4, -0.2) is 41.8 Å². The van der Waals surface area contributed by atoms with Gasteiger partial charge in [0.25, 0.3) is 0 Å². The van der Waals surface area contributed by atoms with E-state index in [2.05, 4.69) is 0 Å². The molecule has 0 aliphatic carbocycles. The van der Waals surface area contributed by atoms with Crippen LogP contribution in [0.2, 0.25) is 0 Å². The molecule has 0 radical (unpaired) electrons. The molecule has 1 fully saturated rings. The Hall–Kier alpha value is -2.11. The highest BCUT2D eigenvalue weighted by atomic mass is 19.1. The van der Waals surface area contributed by atoms with Crippen molar-refractivity contribution in [2.75, 3.05) is 13.1 Å². The zero-order chi connectivity index (χ0) is 17.7. The molecular formula is C18H24FNO4. The molecule has 1 amide bonds. The number of nitrogens with zero attached hydrogens (tertiary/aromatic N) is 1. The van der Waals surface area contributed by atoms with Crippen LogP contribution in [0, 0.1) is 5.82 Å². The van der Waals surface area contributed by atoms with Gasteiger partial charge < -0.3 is 14.4 Å². The van der Waals surface area contributed by atoms with Crippen molar-refractivity contribution in [2.24, 2.45) is 0 Å². The van der Waals surface area contributed by atoms with E-state index in [1.54, 1.807) is 17.0 Å². The molecule has 1 aliphatic rings. The molecular weight excluding hydrogens is 313 g/mol. The second kappa shape index (κ2) is 7.64. The fourth-order valence-corrected chi connectivity index (χ4v) is 2.48. The fourth-order valence-electron chi connectivity index (χ4n) is 2.48. The number of halogens is 1. The lowest BCUT2D eigenvalue weighted by Crippen LogP contribution is -2.43. The van der Waals surface area contributed by atoms with Crippen molar-refractivity contribution >= 4 is 12.1 Å². The van der Waals surface area contributed by atoms with Crippen LogP contribution >= 0.6 is 0 Å². The lowest BCUT2D eigenvalue weighted by atomic mass is 10.1. The van der Waals surface area contributed by atoms with Gasteiger partial charge in [-0.1, -0.05) is 12.1 Å². The lowest BCUT2D eigenvalue weighted by Gasteiger charge is -2.33. The number of hydrogen-bond acceptors (Lipinski definition) is 4. The summed E-state index contributed by atoms with van der Waals surface area (Å²) in [6, 6.07) is 5.78. The molecule has 1 aliphatic heterocycles. The molecule has 1 saturated heterocycles. The van der Waals surface area contributed by atoms with Gasteiger partial charge in [0, 0.05) is 25.9 Å². The van der Waals surface area contributed by atoms with E-state index in [0.29, 0.717) is 31.5 Å². The van der Waals surface area contributed by atoms with E-state index < -0.39 is 5.60 Å². The van der Waals surface area contributed by atoms with Crippen molar-refractivity contribution in [1.82, 2.24) is 4.90 Å². The summed E-state index contributed by atoms with van der Waals surface area (Å²) in [5, 5.41) is 0. The molecule has 1 aromatic rings. The highest BCUT2D eigenvalue weighted by molar-refractivity contribution is 5.72. The molecule has 1 heterocycles. The summed E-state index contributed by atoms with van der Waals surface area (Å²) in [6.07, 6.45) is 0.769. The second-order valence-electron chi connectivity index (χ2n) is 6.96. The average Bonchev–Trinajstić information content (AvgIpc) is 2.48. The van der Waals surface area contributed by atoms with Crippen LogP contribution in [0.5, 0.6) is 0 Å². The van der Waals surface area contributed by atoms with Crippen molar-refractivity contribution in [3.05, 3.63) is 35.6 Å². The molecule has 132 valence electrons. The van der Waals surface area contributed by atoms with Crippen molar-refractivity contribution in [1.29, 1.82) is 0 Å². The van der Waals surface area contributed by atoms with E-state index in [1.165, 1.54) is 12.1 Å². The summed E-state index contributed by atoms with van der Waals surface area (Å²) in [6.45, 7) is 6.49. The number of hydrogen-bond donors (Lipinski definition) is 0. The summed E-state index contributed by atoms with van der Waals surface area (Å²) in [5.74, 6) is -0.668. The van der Waals surface area contributed by atoms with Crippen LogP contribution in [0.4, 0.5) is 9.18 Å². The molecule has 0 spiro atoms. The van der Waals surface area contributed by atoms with E-state index in [-0.39, 0.29) is 30.4 Å². The van der Waals surface area contributed by atoms with Crippen LogP contribution in [0.15, 0.2) is 24.3 Å². The van der Waals surface area contributed by atoms with Crippen molar-refractivity contribution in [2.45, 2.75) is 51.7 Å². The van der Waals surface area contributed by atoms with E-state index in [4.69, 9.17) is 9.47 Å². The van der Waals surface area contributed by atoms with Crippen LogP contribution in [-0.2, 0) is 20.7 Å². The number of piperidine rings is 1. The first kappa shape index (κ1) is 18.2. The van der Waals surface area contributed by atoms with Crippen LogP contribution in [0.3, 0.4) is 0 Å². The standard InChI is InChI=1S/C18H24FNO4/c1-18(2,3)24-17(22)20-10-8-15(9-11-20)23-16(21)12-13-4-6-14(19)7-5-13/h4-7,15H,8-12H2,1-3H3. The molecule has 0 aromatic heterocycles.